The molecule has 0 bridgehead atoms. The van der Waals surface area contributed by atoms with Crippen LogP contribution in [0.3, 0.4) is 0 Å². The number of nitrogens with zero attached hydrogens (tertiary/aromatic N) is 1. The number of likely N-dealkylation sites (tertiary alicyclic amines) is 1. The van der Waals surface area contributed by atoms with Gasteiger partial charge in [0.05, 0.1) is 19.1 Å². The average molecular weight is 330 g/mol. The number of nitrogens with one attached hydrogen (secondary N) is 1. The Morgan fingerprint density at radius 1 is 1.35 bits per heavy atom. The first-order valence-electron chi connectivity index (χ1n) is 7.34. The minimum atomic E-state index is -0.391. The van der Waals surface area contributed by atoms with Crippen molar-refractivity contribution in [2.45, 2.75) is 12.5 Å². The standard InChI is InChI=1S/C17H18N2O3S/c1-19-15(20)10-13(16(19)14-7-4-8-23-14)17(21)18-11-5-3-6-12(9-11)22-2/h3-9,13,16H,10H2,1-2H3,(H,18,21)/t13-,16-/m0/s1. The molecular weight excluding hydrogens is 312 g/mol. The molecule has 1 aromatic carbocycles. The van der Waals surface area contributed by atoms with E-state index in [9.17, 15) is 9.59 Å². The fourth-order valence-corrected chi connectivity index (χ4v) is 3.82. The van der Waals surface area contributed by atoms with E-state index in [1.807, 2.05) is 29.6 Å². The lowest BCUT2D eigenvalue weighted by atomic mass is 9.98. The van der Waals surface area contributed by atoms with E-state index in [-0.39, 0.29) is 24.3 Å². The molecule has 6 heteroatoms. The Morgan fingerprint density at radius 3 is 2.87 bits per heavy atom. The first-order chi connectivity index (χ1) is 11.1. The van der Waals surface area contributed by atoms with E-state index in [0.29, 0.717) is 11.4 Å². The number of benzene rings is 1. The van der Waals surface area contributed by atoms with Gasteiger partial charge in [0.25, 0.3) is 0 Å². The van der Waals surface area contributed by atoms with Crippen molar-refractivity contribution in [3.05, 3.63) is 46.7 Å². The van der Waals surface area contributed by atoms with Crippen molar-refractivity contribution < 1.29 is 14.3 Å². The highest BCUT2D eigenvalue weighted by Gasteiger charge is 2.43. The summed E-state index contributed by atoms with van der Waals surface area (Å²) in [5.41, 5.74) is 0.668. The van der Waals surface area contributed by atoms with Crippen LogP contribution in [0.2, 0.25) is 0 Å². The minimum absolute atomic E-state index is 0.00538. The largest absolute Gasteiger partial charge is 0.497 e. The molecule has 2 aromatic rings. The summed E-state index contributed by atoms with van der Waals surface area (Å²) in [5.74, 6) is 0.137. The molecule has 23 heavy (non-hydrogen) atoms. The lowest BCUT2D eigenvalue weighted by Crippen LogP contribution is -2.29. The second kappa shape index (κ2) is 6.42. The zero-order chi connectivity index (χ0) is 16.4. The van der Waals surface area contributed by atoms with Gasteiger partial charge in [-0.3, -0.25) is 9.59 Å². The van der Waals surface area contributed by atoms with Crippen LogP contribution in [-0.4, -0.2) is 30.9 Å². The molecule has 1 fully saturated rings. The van der Waals surface area contributed by atoms with Crippen molar-refractivity contribution in [2.24, 2.45) is 5.92 Å². The Morgan fingerprint density at radius 2 is 2.17 bits per heavy atom. The molecule has 5 nitrogen and oxygen atoms in total. The van der Waals surface area contributed by atoms with E-state index in [2.05, 4.69) is 5.32 Å². The normalized spacial score (nSPS) is 20.6. The molecular formula is C17H18N2O3S. The highest BCUT2D eigenvalue weighted by molar-refractivity contribution is 7.10. The molecule has 1 aliphatic rings. The molecule has 3 rings (SSSR count). The molecule has 0 saturated carbocycles. The highest BCUT2D eigenvalue weighted by Crippen LogP contribution is 2.39. The summed E-state index contributed by atoms with van der Waals surface area (Å²) in [6, 6.07) is 10.9. The molecule has 0 unspecified atom stereocenters. The molecule has 2 atom stereocenters. The van der Waals surface area contributed by atoms with Crippen molar-refractivity contribution >= 4 is 28.8 Å². The van der Waals surface area contributed by atoms with Gasteiger partial charge < -0.3 is 15.0 Å². The minimum Gasteiger partial charge on any atom is -0.497 e. The smallest absolute Gasteiger partial charge is 0.230 e. The Bertz CT molecular complexity index is 714. The number of amides is 2. The Labute approximate surface area is 138 Å². The van der Waals surface area contributed by atoms with Gasteiger partial charge in [-0.05, 0) is 23.6 Å². The van der Waals surface area contributed by atoms with Crippen molar-refractivity contribution in [3.8, 4) is 5.75 Å². The molecule has 0 radical (unpaired) electrons. The lowest BCUT2D eigenvalue weighted by Gasteiger charge is -2.23. The predicted molar refractivity (Wildman–Crippen MR) is 89.6 cm³/mol. The van der Waals surface area contributed by atoms with E-state index in [4.69, 9.17) is 4.74 Å². The predicted octanol–water partition coefficient (Wildman–Crippen LogP) is 2.91. The summed E-state index contributed by atoms with van der Waals surface area (Å²) >= 11 is 1.57. The van der Waals surface area contributed by atoms with E-state index >= 15 is 0 Å². The van der Waals surface area contributed by atoms with Crippen molar-refractivity contribution in [1.29, 1.82) is 0 Å². The summed E-state index contributed by atoms with van der Waals surface area (Å²) < 4.78 is 5.16. The van der Waals surface area contributed by atoms with Crippen LogP contribution < -0.4 is 10.1 Å². The maximum atomic E-state index is 12.7. The van der Waals surface area contributed by atoms with Crippen molar-refractivity contribution in [1.82, 2.24) is 4.90 Å². The van der Waals surface area contributed by atoms with Crippen LogP contribution in [0, 0.1) is 5.92 Å². The summed E-state index contributed by atoms with van der Waals surface area (Å²) in [7, 11) is 3.34. The summed E-state index contributed by atoms with van der Waals surface area (Å²) in [4.78, 5) is 27.5. The van der Waals surface area contributed by atoms with Crippen LogP contribution in [0.15, 0.2) is 41.8 Å². The van der Waals surface area contributed by atoms with E-state index in [1.165, 1.54) is 0 Å². The summed E-state index contributed by atoms with van der Waals surface area (Å²) in [5, 5.41) is 4.86. The number of carbonyl (C=O) groups is 2. The van der Waals surface area contributed by atoms with Gasteiger partial charge in [0.15, 0.2) is 0 Å². The average Bonchev–Trinajstić information content (AvgIpc) is 3.16. The Hall–Kier alpha value is -2.34. The monoisotopic (exact) mass is 330 g/mol. The van der Waals surface area contributed by atoms with Crippen LogP contribution in [0.1, 0.15) is 17.3 Å². The number of hydrogen-bond donors (Lipinski definition) is 1. The number of anilines is 1. The van der Waals surface area contributed by atoms with E-state index < -0.39 is 5.92 Å². The molecule has 2 amide bonds. The highest BCUT2D eigenvalue weighted by atomic mass is 32.1. The molecule has 1 N–H and O–H groups in total. The van der Waals surface area contributed by atoms with Gasteiger partial charge in [-0.2, -0.15) is 0 Å². The second-order valence-electron chi connectivity index (χ2n) is 5.50. The first kappa shape index (κ1) is 15.6. The number of methoxy groups -OCH3 is 1. The zero-order valence-electron chi connectivity index (χ0n) is 13.0. The number of rotatable bonds is 4. The van der Waals surface area contributed by atoms with Gasteiger partial charge in [0.2, 0.25) is 11.8 Å². The number of ether oxygens (including phenoxy) is 1. The van der Waals surface area contributed by atoms with Crippen LogP contribution >= 0.6 is 11.3 Å². The number of thiophene rings is 1. The van der Waals surface area contributed by atoms with Gasteiger partial charge in [-0.15, -0.1) is 11.3 Å². The quantitative estimate of drug-likeness (QED) is 0.938. The zero-order valence-corrected chi connectivity index (χ0v) is 13.8. The third kappa shape index (κ3) is 3.07. The number of hydrogen-bond acceptors (Lipinski definition) is 4. The molecule has 120 valence electrons. The van der Waals surface area contributed by atoms with Crippen LogP contribution in [0.5, 0.6) is 5.75 Å². The molecule has 1 aromatic heterocycles. The second-order valence-corrected chi connectivity index (χ2v) is 6.48. The van der Waals surface area contributed by atoms with Crippen LogP contribution in [-0.2, 0) is 9.59 Å². The maximum absolute atomic E-state index is 12.7. The van der Waals surface area contributed by atoms with Gasteiger partial charge in [0.1, 0.15) is 5.75 Å². The fourth-order valence-electron chi connectivity index (χ4n) is 2.89. The third-order valence-corrected chi connectivity index (χ3v) is 5.04. The molecule has 2 heterocycles. The van der Waals surface area contributed by atoms with Crippen molar-refractivity contribution in [3.63, 3.8) is 0 Å². The Balaban J connectivity index is 1.81. The summed E-state index contributed by atoms with van der Waals surface area (Å²) in [6.45, 7) is 0. The van der Waals surface area contributed by atoms with E-state index in [0.717, 1.165) is 4.88 Å². The van der Waals surface area contributed by atoms with E-state index in [1.54, 1.807) is 42.5 Å². The SMILES string of the molecule is COc1cccc(NC(=O)[C@H]2CC(=O)N(C)[C@@H]2c2cccs2)c1. The van der Waals surface area contributed by atoms with Gasteiger partial charge in [-0.1, -0.05) is 12.1 Å². The van der Waals surface area contributed by atoms with Gasteiger partial charge in [-0.25, -0.2) is 0 Å². The molecule has 1 saturated heterocycles. The fraction of sp³-hybridized carbons (Fsp3) is 0.294. The van der Waals surface area contributed by atoms with Crippen LogP contribution in [0.25, 0.3) is 0 Å². The third-order valence-electron chi connectivity index (χ3n) is 4.10. The van der Waals surface area contributed by atoms with Gasteiger partial charge in [0, 0.05) is 30.1 Å². The number of carbonyl (C=O) groups excluding carboxylic acids is 2. The summed E-state index contributed by atoms with van der Waals surface area (Å²) in [6.07, 6.45) is 0.231. The van der Waals surface area contributed by atoms with Crippen LogP contribution in [0.4, 0.5) is 5.69 Å². The van der Waals surface area contributed by atoms with Gasteiger partial charge >= 0.3 is 0 Å². The molecule has 0 aliphatic carbocycles. The first-order valence-corrected chi connectivity index (χ1v) is 8.22. The van der Waals surface area contributed by atoms with Crippen molar-refractivity contribution in [2.75, 3.05) is 19.5 Å². The lowest BCUT2D eigenvalue weighted by molar-refractivity contribution is -0.127. The molecule has 0 spiro atoms. The topological polar surface area (TPSA) is 58.6 Å². The molecule has 1 aliphatic heterocycles. The maximum Gasteiger partial charge on any atom is 0.230 e. The Kier molecular flexibility index (Phi) is 4.34.